The summed E-state index contributed by atoms with van der Waals surface area (Å²) in [5.41, 5.74) is 1.38. The highest BCUT2D eigenvalue weighted by molar-refractivity contribution is 5.83. The summed E-state index contributed by atoms with van der Waals surface area (Å²) in [5.74, 6) is 0.553. The number of methoxy groups -OCH3 is 1. The maximum absolute atomic E-state index is 5.25. The van der Waals surface area contributed by atoms with E-state index in [1.807, 2.05) is 0 Å². The first kappa shape index (κ1) is 16.0. The van der Waals surface area contributed by atoms with Gasteiger partial charge in [0.05, 0.1) is 0 Å². The Morgan fingerprint density at radius 1 is 1.10 bits per heavy atom. The standard InChI is InChI=1S/C19H27NO/c1-4-12-20-19(15(2)11-13-21-3)18-10-9-16-7-5-6-8-17(16)14-18/h5-10,14-15,19-20H,4,11-13H2,1-3H3. The fourth-order valence-electron chi connectivity index (χ4n) is 2.82. The van der Waals surface area contributed by atoms with Crippen LogP contribution in [0.4, 0.5) is 0 Å². The van der Waals surface area contributed by atoms with Crippen LogP contribution >= 0.6 is 0 Å². The molecule has 0 aliphatic heterocycles. The maximum atomic E-state index is 5.25. The first-order chi connectivity index (χ1) is 10.3. The van der Waals surface area contributed by atoms with Crippen molar-refractivity contribution in [3.63, 3.8) is 0 Å². The zero-order chi connectivity index (χ0) is 15.1. The van der Waals surface area contributed by atoms with Crippen LogP contribution < -0.4 is 5.32 Å². The third-order valence-corrected chi connectivity index (χ3v) is 4.09. The van der Waals surface area contributed by atoms with Crippen LogP contribution in [0.2, 0.25) is 0 Å². The highest BCUT2D eigenvalue weighted by Crippen LogP contribution is 2.27. The van der Waals surface area contributed by atoms with Gasteiger partial charge in [-0.1, -0.05) is 50.2 Å². The van der Waals surface area contributed by atoms with Crippen molar-refractivity contribution in [1.29, 1.82) is 0 Å². The van der Waals surface area contributed by atoms with Gasteiger partial charge in [-0.15, -0.1) is 0 Å². The van der Waals surface area contributed by atoms with Crippen molar-refractivity contribution in [3.8, 4) is 0 Å². The van der Waals surface area contributed by atoms with Gasteiger partial charge in [0.25, 0.3) is 0 Å². The lowest BCUT2D eigenvalue weighted by Crippen LogP contribution is -2.28. The molecule has 0 aliphatic rings. The van der Waals surface area contributed by atoms with Gasteiger partial charge in [-0.3, -0.25) is 0 Å². The molecule has 0 spiro atoms. The Hall–Kier alpha value is -1.38. The van der Waals surface area contributed by atoms with Crippen molar-refractivity contribution < 1.29 is 4.74 Å². The molecule has 2 aromatic carbocycles. The van der Waals surface area contributed by atoms with Crippen LogP contribution in [0.3, 0.4) is 0 Å². The molecule has 1 N–H and O–H groups in total. The third kappa shape index (κ3) is 4.29. The van der Waals surface area contributed by atoms with Gasteiger partial charge in [0.1, 0.15) is 0 Å². The van der Waals surface area contributed by atoms with E-state index in [0.717, 1.165) is 26.0 Å². The fraction of sp³-hybridized carbons (Fsp3) is 0.474. The van der Waals surface area contributed by atoms with E-state index in [2.05, 4.69) is 61.6 Å². The van der Waals surface area contributed by atoms with E-state index >= 15 is 0 Å². The Bertz CT molecular complexity index is 552. The topological polar surface area (TPSA) is 21.3 Å². The lowest BCUT2D eigenvalue weighted by atomic mass is 9.90. The van der Waals surface area contributed by atoms with Crippen molar-refractivity contribution >= 4 is 10.8 Å². The van der Waals surface area contributed by atoms with Crippen molar-refractivity contribution in [2.75, 3.05) is 20.3 Å². The van der Waals surface area contributed by atoms with Gasteiger partial charge < -0.3 is 10.1 Å². The molecule has 0 aromatic heterocycles. The van der Waals surface area contributed by atoms with E-state index in [0.29, 0.717) is 12.0 Å². The van der Waals surface area contributed by atoms with Crippen LogP contribution in [0, 0.1) is 5.92 Å². The van der Waals surface area contributed by atoms with Crippen LogP contribution in [0.1, 0.15) is 38.3 Å². The minimum Gasteiger partial charge on any atom is -0.385 e. The molecule has 2 unspecified atom stereocenters. The van der Waals surface area contributed by atoms with Crippen molar-refractivity contribution in [1.82, 2.24) is 5.32 Å². The quantitative estimate of drug-likeness (QED) is 0.768. The van der Waals surface area contributed by atoms with Crippen LogP contribution in [0.15, 0.2) is 42.5 Å². The Labute approximate surface area is 128 Å². The van der Waals surface area contributed by atoms with E-state index in [9.17, 15) is 0 Å². The summed E-state index contributed by atoms with van der Waals surface area (Å²) in [5, 5.41) is 6.33. The van der Waals surface area contributed by atoms with Gasteiger partial charge in [0.2, 0.25) is 0 Å². The smallest absolute Gasteiger partial charge is 0.0465 e. The van der Waals surface area contributed by atoms with E-state index in [4.69, 9.17) is 4.74 Å². The third-order valence-electron chi connectivity index (χ3n) is 4.09. The van der Waals surface area contributed by atoms with Gasteiger partial charge in [-0.05, 0) is 47.7 Å². The molecule has 0 radical (unpaired) electrons. The monoisotopic (exact) mass is 285 g/mol. The average Bonchev–Trinajstić information content (AvgIpc) is 2.53. The predicted molar refractivity (Wildman–Crippen MR) is 90.6 cm³/mol. The van der Waals surface area contributed by atoms with Gasteiger partial charge in [-0.25, -0.2) is 0 Å². The lowest BCUT2D eigenvalue weighted by molar-refractivity contribution is 0.170. The minimum atomic E-state index is 0.393. The normalized spacial score (nSPS) is 14.2. The van der Waals surface area contributed by atoms with Crippen LogP contribution in [0.5, 0.6) is 0 Å². The number of benzene rings is 2. The first-order valence-corrected chi connectivity index (χ1v) is 7.97. The zero-order valence-corrected chi connectivity index (χ0v) is 13.4. The number of ether oxygens (including phenoxy) is 1. The summed E-state index contributed by atoms with van der Waals surface area (Å²) in [6.45, 7) is 6.39. The number of nitrogens with one attached hydrogen (secondary N) is 1. The number of fused-ring (bicyclic) bond motifs is 1. The highest BCUT2D eigenvalue weighted by atomic mass is 16.5. The molecular formula is C19H27NO. The highest BCUT2D eigenvalue weighted by Gasteiger charge is 2.18. The van der Waals surface area contributed by atoms with Crippen LogP contribution in [0.25, 0.3) is 10.8 Å². The fourth-order valence-corrected chi connectivity index (χ4v) is 2.82. The molecule has 0 aliphatic carbocycles. The molecule has 2 nitrogen and oxygen atoms in total. The number of hydrogen-bond acceptors (Lipinski definition) is 2. The molecular weight excluding hydrogens is 258 g/mol. The predicted octanol–water partition coefficient (Wildman–Crippen LogP) is 4.55. The Balaban J connectivity index is 2.24. The van der Waals surface area contributed by atoms with Gasteiger partial charge in [-0.2, -0.15) is 0 Å². The second kappa shape index (κ2) is 8.16. The van der Waals surface area contributed by atoms with Crippen molar-refractivity contribution in [3.05, 3.63) is 48.0 Å². The molecule has 2 aromatic rings. The van der Waals surface area contributed by atoms with Gasteiger partial charge in [0.15, 0.2) is 0 Å². The summed E-state index contributed by atoms with van der Waals surface area (Å²) in [4.78, 5) is 0. The van der Waals surface area contributed by atoms with Gasteiger partial charge in [0, 0.05) is 19.8 Å². The molecule has 2 atom stereocenters. The molecule has 0 amide bonds. The molecule has 114 valence electrons. The average molecular weight is 285 g/mol. The van der Waals surface area contributed by atoms with Crippen LogP contribution in [-0.2, 0) is 4.74 Å². The number of rotatable bonds is 8. The summed E-state index contributed by atoms with van der Waals surface area (Å²) in [6, 6.07) is 15.8. The molecule has 0 saturated heterocycles. The maximum Gasteiger partial charge on any atom is 0.0465 e. The molecule has 0 bridgehead atoms. The largest absolute Gasteiger partial charge is 0.385 e. The molecule has 21 heavy (non-hydrogen) atoms. The Kier molecular flexibility index (Phi) is 6.21. The zero-order valence-electron chi connectivity index (χ0n) is 13.4. The summed E-state index contributed by atoms with van der Waals surface area (Å²) in [7, 11) is 1.78. The molecule has 0 fully saturated rings. The molecule has 2 rings (SSSR count). The lowest BCUT2D eigenvalue weighted by Gasteiger charge is -2.26. The van der Waals surface area contributed by atoms with E-state index < -0.39 is 0 Å². The molecule has 0 saturated carbocycles. The van der Waals surface area contributed by atoms with E-state index in [1.165, 1.54) is 16.3 Å². The number of hydrogen-bond donors (Lipinski definition) is 1. The Morgan fingerprint density at radius 3 is 2.57 bits per heavy atom. The van der Waals surface area contributed by atoms with E-state index in [1.54, 1.807) is 7.11 Å². The van der Waals surface area contributed by atoms with Crippen molar-refractivity contribution in [2.24, 2.45) is 5.92 Å². The summed E-state index contributed by atoms with van der Waals surface area (Å²) < 4.78 is 5.25. The van der Waals surface area contributed by atoms with Crippen molar-refractivity contribution in [2.45, 2.75) is 32.7 Å². The first-order valence-electron chi connectivity index (χ1n) is 7.97. The Morgan fingerprint density at radius 2 is 1.86 bits per heavy atom. The molecule has 2 heteroatoms. The second-order valence-corrected chi connectivity index (χ2v) is 5.80. The summed E-state index contributed by atoms with van der Waals surface area (Å²) in [6.07, 6.45) is 2.23. The second-order valence-electron chi connectivity index (χ2n) is 5.80. The van der Waals surface area contributed by atoms with Gasteiger partial charge >= 0.3 is 0 Å². The minimum absolute atomic E-state index is 0.393. The SMILES string of the molecule is CCCNC(c1ccc2ccccc2c1)C(C)CCOC. The summed E-state index contributed by atoms with van der Waals surface area (Å²) >= 11 is 0. The molecule has 0 heterocycles. The van der Waals surface area contributed by atoms with E-state index in [-0.39, 0.29) is 0 Å². The van der Waals surface area contributed by atoms with Crippen LogP contribution in [-0.4, -0.2) is 20.3 Å².